The van der Waals surface area contributed by atoms with E-state index >= 15 is 0 Å². The zero-order valence-corrected chi connectivity index (χ0v) is 17.1. The molecular weight excluding hydrogens is 330 g/mol. The van der Waals surface area contributed by atoms with Gasteiger partial charge in [-0.15, -0.1) is 9.36 Å². The highest BCUT2D eigenvalue weighted by molar-refractivity contribution is 5.71. The van der Waals surface area contributed by atoms with Crippen LogP contribution in [0, 0.1) is 18.3 Å². The lowest BCUT2D eigenvalue weighted by molar-refractivity contribution is -0.744. The second-order valence-electron chi connectivity index (χ2n) is 7.87. The summed E-state index contributed by atoms with van der Waals surface area (Å²) in [6.07, 6.45) is 4.41. The highest BCUT2D eigenvalue weighted by Gasteiger charge is 2.21. The molecule has 0 aliphatic carbocycles. The van der Waals surface area contributed by atoms with E-state index in [2.05, 4.69) is 87.7 Å². The number of aromatic nitrogens is 2. The van der Waals surface area contributed by atoms with Crippen LogP contribution in [-0.4, -0.2) is 4.68 Å². The summed E-state index contributed by atoms with van der Waals surface area (Å²) in [6, 6.07) is 14.7. The Labute approximate surface area is 162 Å². The van der Waals surface area contributed by atoms with E-state index in [1.54, 1.807) is 0 Å². The van der Waals surface area contributed by atoms with Gasteiger partial charge in [-0.25, -0.2) is 0 Å². The van der Waals surface area contributed by atoms with E-state index in [1.165, 1.54) is 22.3 Å². The first-order chi connectivity index (χ1) is 12.8. The number of hydrogen-bond donors (Lipinski definition) is 0. The van der Waals surface area contributed by atoms with Gasteiger partial charge in [-0.05, 0) is 59.2 Å². The molecule has 0 bridgehead atoms. The van der Waals surface area contributed by atoms with Crippen molar-refractivity contribution >= 4 is 0 Å². The van der Waals surface area contributed by atoms with Crippen molar-refractivity contribution in [2.24, 2.45) is 7.05 Å². The molecule has 0 spiro atoms. The molecule has 138 valence electrons. The van der Waals surface area contributed by atoms with Gasteiger partial charge in [-0.2, -0.15) is 5.26 Å². The Kier molecular flexibility index (Phi) is 5.19. The summed E-state index contributed by atoms with van der Waals surface area (Å²) >= 11 is 0. The Balaban J connectivity index is 2.20. The second kappa shape index (κ2) is 7.40. The lowest BCUT2D eigenvalue weighted by atomic mass is 9.86. The van der Waals surface area contributed by atoms with Crippen molar-refractivity contribution in [2.45, 2.75) is 46.5 Å². The summed E-state index contributed by atoms with van der Waals surface area (Å²) in [5, 5.41) is 9.13. The molecule has 3 aromatic rings. The monoisotopic (exact) mass is 358 g/mol. The second-order valence-corrected chi connectivity index (χ2v) is 7.87. The van der Waals surface area contributed by atoms with E-state index in [4.69, 9.17) is 5.26 Å². The molecule has 0 N–H and O–H groups in total. The van der Waals surface area contributed by atoms with Crippen LogP contribution in [0.2, 0.25) is 0 Å². The smallest absolute Gasteiger partial charge is 0.192 e. The Hall–Kier alpha value is -2.86. The minimum Gasteiger partial charge on any atom is -0.192 e. The summed E-state index contributed by atoms with van der Waals surface area (Å²) in [5.74, 6) is 0.924. The van der Waals surface area contributed by atoms with Gasteiger partial charge in [0, 0.05) is 0 Å². The highest BCUT2D eigenvalue weighted by Crippen LogP contribution is 2.36. The molecule has 0 atom stereocenters. The van der Waals surface area contributed by atoms with Crippen LogP contribution in [0.5, 0.6) is 0 Å². The van der Waals surface area contributed by atoms with Crippen molar-refractivity contribution in [1.29, 1.82) is 5.26 Å². The van der Waals surface area contributed by atoms with Crippen LogP contribution < -0.4 is 4.68 Å². The third-order valence-electron chi connectivity index (χ3n) is 5.16. The summed E-state index contributed by atoms with van der Waals surface area (Å²) in [5.41, 5.74) is 8.23. The van der Waals surface area contributed by atoms with Gasteiger partial charge in [-0.3, -0.25) is 0 Å². The number of nitrogens with zero attached hydrogens (tertiary/aromatic N) is 3. The lowest BCUT2D eigenvalue weighted by Gasteiger charge is -2.17. The molecule has 0 unspecified atom stereocenters. The predicted molar refractivity (Wildman–Crippen MR) is 110 cm³/mol. The SMILES string of the molecule is Cc1cc(C#N)ccc1-n1cc(-c2c(C(C)C)cccc2C(C)C)c[n+]1C. The van der Waals surface area contributed by atoms with Crippen LogP contribution in [0.4, 0.5) is 0 Å². The van der Waals surface area contributed by atoms with Crippen LogP contribution in [-0.2, 0) is 7.05 Å². The molecule has 2 aromatic carbocycles. The van der Waals surface area contributed by atoms with Crippen molar-refractivity contribution in [1.82, 2.24) is 4.68 Å². The summed E-state index contributed by atoms with van der Waals surface area (Å²) in [7, 11) is 2.06. The zero-order chi connectivity index (χ0) is 19.7. The molecule has 1 heterocycles. The Morgan fingerprint density at radius 1 is 1.00 bits per heavy atom. The minimum atomic E-state index is 0.462. The van der Waals surface area contributed by atoms with E-state index in [1.807, 2.05) is 18.2 Å². The van der Waals surface area contributed by atoms with Crippen LogP contribution >= 0.6 is 0 Å². The fourth-order valence-electron chi connectivity index (χ4n) is 3.75. The molecule has 27 heavy (non-hydrogen) atoms. The first-order valence-electron chi connectivity index (χ1n) is 9.56. The maximum Gasteiger partial charge on any atom is 0.203 e. The maximum atomic E-state index is 9.13. The zero-order valence-electron chi connectivity index (χ0n) is 17.1. The molecule has 3 nitrogen and oxygen atoms in total. The van der Waals surface area contributed by atoms with E-state index in [9.17, 15) is 0 Å². The molecule has 3 heteroatoms. The fraction of sp³-hybridized carbons (Fsp3) is 0.333. The Bertz CT molecular complexity index is 990. The van der Waals surface area contributed by atoms with Gasteiger partial charge < -0.3 is 0 Å². The number of benzene rings is 2. The quantitative estimate of drug-likeness (QED) is 0.575. The molecule has 0 fully saturated rings. The normalized spacial score (nSPS) is 11.2. The molecule has 0 saturated heterocycles. The van der Waals surface area contributed by atoms with Gasteiger partial charge in [-0.1, -0.05) is 45.9 Å². The van der Waals surface area contributed by atoms with E-state index in [-0.39, 0.29) is 0 Å². The Morgan fingerprint density at radius 3 is 2.15 bits per heavy atom. The largest absolute Gasteiger partial charge is 0.203 e. The summed E-state index contributed by atoms with van der Waals surface area (Å²) < 4.78 is 4.28. The van der Waals surface area contributed by atoms with Crippen molar-refractivity contribution < 1.29 is 4.68 Å². The van der Waals surface area contributed by atoms with Gasteiger partial charge in [0.05, 0.1) is 23.4 Å². The number of nitriles is 1. The molecule has 1 aromatic heterocycles. The van der Waals surface area contributed by atoms with E-state index < -0.39 is 0 Å². The average molecular weight is 359 g/mol. The molecule has 0 saturated carbocycles. The summed E-state index contributed by atoms with van der Waals surface area (Å²) in [6.45, 7) is 11.1. The Morgan fingerprint density at radius 2 is 1.63 bits per heavy atom. The molecule has 0 radical (unpaired) electrons. The lowest BCUT2D eigenvalue weighted by Crippen LogP contribution is -2.37. The van der Waals surface area contributed by atoms with Crippen molar-refractivity contribution in [2.75, 3.05) is 0 Å². The van der Waals surface area contributed by atoms with Crippen LogP contribution in [0.3, 0.4) is 0 Å². The number of rotatable bonds is 4. The molecule has 0 aliphatic heterocycles. The van der Waals surface area contributed by atoms with Gasteiger partial charge in [0.25, 0.3) is 0 Å². The van der Waals surface area contributed by atoms with Crippen LogP contribution in [0.1, 0.15) is 61.8 Å². The van der Waals surface area contributed by atoms with Crippen molar-refractivity contribution in [3.63, 3.8) is 0 Å². The maximum absolute atomic E-state index is 9.13. The van der Waals surface area contributed by atoms with Crippen LogP contribution in [0.15, 0.2) is 48.8 Å². The average Bonchev–Trinajstić information content (AvgIpc) is 3.01. The third-order valence-corrected chi connectivity index (χ3v) is 5.16. The van der Waals surface area contributed by atoms with Gasteiger partial charge in [0.1, 0.15) is 5.69 Å². The molecule has 0 aliphatic rings. The van der Waals surface area contributed by atoms with Crippen molar-refractivity contribution in [3.8, 4) is 22.9 Å². The number of hydrogen-bond acceptors (Lipinski definition) is 1. The van der Waals surface area contributed by atoms with Gasteiger partial charge in [0.2, 0.25) is 6.20 Å². The number of aryl methyl sites for hydroxylation is 2. The first kappa shape index (κ1) is 18.9. The van der Waals surface area contributed by atoms with E-state index in [0.717, 1.165) is 11.3 Å². The first-order valence-corrected chi connectivity index (χ1v) is 9.56. The fourth-order valence-corrected chi connectivity index (χ4v) is 3.75. The predicted octanol–water partition coefficient (Wildman–Crippen LogP) is 5.40. The third kappa shape index (κ3) is 3.53. The molecular formula is C24H28N3+. The highest BCUT2D eigenvalue weighted by atomic mass is 15.4. The van der Waals surface area contributed by atoms with Gasteiger partial charge in [0.15, 0.2) is 7.05 Å². The minimum absolute atomic E-state index is 0.462. The van der Waals surface area contributed by atoms with Crippen LogP contribution in [0.25, 0.3) is 16.8 Å². The molecule has 0 amide bonds. The molecule has 3 rings (SSSR count). The van der Waals surface area contributed by atoms with E-state index in [0.29, 0.717) is 17.4 Å². The standard InChI is InChI=1S/C24H28N3/c1-16(2)21-8-7-9-22(17(3)4)24(21)20-14-26(6)27(15-20)23-11-10-19(13-25)12-18(23)5/h7-12,14-17H,1-6H3/q+1. The summed E-state index contributed by atoms with van der Waals surface area (Å²) in [4.78, 5) is 0. The van der Waals surface area contributed by atoms with Gasteiger partial charge >= 0.3 is 0 Å². The van der Waals surface area contributed by atoms with Crippen molar-refractivity contribution in [3.05, 3.63) is 71.0 Å². The topological polar surface area (TPSA) is 32.6 Å².